The van der Waals surface area contributed by atoms with Crippen molar-refractivity contribution in [1.82, 2.24) is 0 Å². The number of ether oxygens (including phenoxy) is 2. The highest BCUT2D eigenvalue weighted by Crippen LogP contribution is 2.38. The van der Waals surface area contributed by atoms with Crippen molar-refractivity contribution in [3.63, 3.8) is 0 Å². The van der Waals surface area contributed by atoms with E-state index in [4.69, 9.17) is 14.6 Å². The van der Waals surface area contributed by atoms with Crippen LogP contribution in [0.3, 0.4) is 0 Å². The van der Waals surface area contributed by atoms with Crippen LogP contribution >= 0.6 is 0 Å². The van der Waals surface area contributed by atoms with Gasteiger partial charge in [-0.2, -0.15) is 10.5 Å². The Labute approximate surface area is 209 Å². The lowest BCUT2D eigenvalue weighted by Crippen LogP contribution is -2.04. The molecule has 1 heterocycles. The SMILES string of the molecule is N#CC(C#N)=C1C=C(/C=C/c2ccc(O)cc2OCCCCCCCC(=O)O)Oc2ccc(O)cc21. The topological polar surface area (TPSA) is 144 Å². The standard InChI is InChI=1S/C28H26N2O6/c29-17-20(18-30)24-16-23(36-26-12-10-21(31)14-25(24)26)11-8-19-7-9-22(32)15-27(19)35-13-5-3-1-2-4-6-28(33)34/h7-12,14-16,31-32H,1-6,13H2,(H,33,34)/b11-8+. The first-order valence-electron chi connectivity index (χ1n) is 11.5. The van der Waals surface area contributed by atoms with Gasteiger partial charge in [-0.05, 0) is 61.4 Å². The summed E-state index contributed by atoms with van der Waals surface area (Å²) >= 11 is 0. The number of rotatable bonds is 11. The molecule has 1 aliphatic heterocycles. The zero-order chi connectivity index (χ0) is 25.9. The van der Waals surface area contributed by atoms with Crippen molar-refractivity contribution in [3.05, 3.63) is 71.0 Å². The summed E-state index contributed by atoms with van der Waals surface area (Å²) in [6.07, 6.45) is 9.33. The Balaban J connectivity index is 1.71. The number of aromatic hydroxyl groups is 2. The number of fused-ring (bicyclic) bond motifs is 1. The number of phenolic OH excluding ortho intramolecular Hbond substituents is 2. The lowest BCUT2D eigenvalue weighted by Gasteiger charge is -2.19. The second-order valence-corrected chi connectivity index (χ2v) is 8.16. The molecule has 2 aromatic carbocycles. The molecule has 0 bridgehead atoms. The van der Waals surface area contributed by atoms with Gasteiger partial charge < -0.3 is 24.8 Å². The number of phenols is 2. The fourth-order valence-electron chi connectivity index (χ4n) is 3.68. The van der Waals surface area contributed by atoms with Crippen molar-refractivity contribution in [2.75, 3.05) is 6.61 Å². The number of benzene rings is 2. The summed E-state index contributed by atoms with van der Waals surface area (Å²) < 4.78 is 11.8. The summed E-state index contributed by atoms with van der Waals surface area (Å²) in [6, 6.07) is 13.0. The van der Waals surface area contributed by atoms with Gasteiger partial charge in [0.25, 0.3) is 0 Å². The van der Waals surface area contributed by atoms with E-state index >= 15 is 0 Å². The van der Waals surface area contributed by atoms with E-state index in [1.807, 2.05) is 12.1 Å². The number of carboxylic acids is 1. The molecule has 184 valence electrons. The molecule has 0 amide bonds. The molecule has 0 saturated carbocycles. The molecule has 8 heteroatoms. The van der Waals surface area contributed by atoms with Crippen LogP contribution in [0.1, 0.15) is 49.7 Å². The summed E-state index contributed by atoms with van der Waals surface area (Å²) in [5.41, 5.74) is 1.39. The maximum absolute atomic E-state index is 10.6. The van der Waals surface area contributed by atoms with Crippen LogP contribution in [0, 0.1) is 22.7 Å². The molecular weight excluding hydrogens is 460 g/mol. The molecule has 0 fully saturated rings. The average molecular weight is 487 g/mol. The molecule has 0 atom stereocenters. The number of nitriles is 2. The van der Waals surface area contributed by atoms with E-state index in [9.17, 15) is 25.5 Å². The van der Waals surface area contributed by atoms with Gasteiger partial charge in [-0.25, -0.2) is 0 Å². The summed E-state index contributed by atoms with van der Waals surface area (Å²) in [5.74, 6) is 0.553. The molecule has 1 aliphatic rings. The van der Waals surface area contributed by atoms with E-state index in [2.05, 4.69) is 0 Å². The average Bonchev–Trinajstić information content (AvgIpc) is 2.86. The molecule has 0 spiro atoms. The van der Waals surface area contributed by atoms with Crippen LogP contribution in [0.25, 0.3) is 11.6 Å². The predicted octanol–water partition coefficient (Wildman–Crippen LogP) is 5.69. The van der Waals surface area contributed by atoms with Gasteiger partial charge in [-0.1, -0.05) is 19.3 Å². The maximum Gasteiger partial charge on any atom is 0.303 e. The minimum atomic E-state index is -0.775. The van der Waals surface area contributed by atoms with E-state index in [0.717, 1.165) is 25.7 Å². The van der Waals surface area contributed by atoms with E-state index in [1.165, 1.54) is 24.3 Å². The fraction of sp³-hybridized carbons (Fsp3) is 0.250. The Hall–Kier alpha value is -4.69. The first-order chi connectivity index (χ1) is 17.4. The second-order valence-electron chi connectivity index (χ2n) is 8.16. The third-order valence-corrected chi connectivity index (χ3v) is 5.48. The highest BCUT2D eigenvalue weighted by atomic mass is 16.5. The largest absolute Gasteiger partial charge is 0.508 e. The highest BCUT2D eigenvalue weighted by molar-refractivity contribution is 5.87. The summed E-state index contributed by atoms with van der Waals surface area (Å²) in [6.45, 7) is 0.444. The van der Waals surface area contributed by atoms with Crippen LogP contribution in [0.4, 0.5) is 0 Å². The van der Waals surface area contributed by atoms with Crippen molar-refractivity contribution in [2.24, 2.45) is 0 Å². The van der Waals surface area contributed by atoms with Gasteiger partial charge in [0.1, 0.15) is 46.5 Å². The fourth-order valence-corrected chi connectivity index (χ4v) is 3.68. The Kier molecular flexibility index (Phi) is 9.13. The van der Waals surface area contributed by atoms with Crippen LogP contribution in [0.5, 0.6) is 23.0 Å². The van der Waals surface area contributed by atoms with Crippen molar-refractivity contribution in [3.8, 4) is 35.1 Å². The van der Waals surface area contributed by atoms with Crippen LogP contribution in [0.15, 0.2) is 59.9 Å². The van der Waals surface area contributed by atoms with Gasteiger partial charge in [-0.15, -0.1) is 0 Å². The Bertz CT molecular complexity index is 1280. The van der Waals surface area contributed by atoms with Gasteiger partial charge in [-0.3, -0.25) is 4.79 Å². The number of unbranched alkanes of at least 4 members (excludes halogenated alkanes) is 4. The van der Waals surface area contributed by atoms with E-state index in [0.29, 0.717) is 47.0 Å². The molecule has 3 N–H and O–H groups in total. The first kappa shape index (κ1) is 25.9. The van der Waals surface area contributed by atoms with Crippen LogP contribution in [-0.4, -0.2) is 27.9 Å². The number of nitrogens with zero attached hydrogens (tertiary/aromatic N) is 2. The van der Waals surface area contributed by atoms with Crippen molar-refractivity contribution in [2.45, 2.75) is 38.5 Å². The molecule has 0 saturated heterocycles. The van der Waals surface area contributed by atoms with Crippen LogP contribution in [0.2, 0.25) is 0 Å². The summed E-state index contributed by atoms with van der Waals surface area (Å²) in [7, 11) is 0. The molecule has 3 rings (SSSR count). The van der Waals surface area contributed by atoms with Crippen molar-refractivity contribution >= 4 is 17.6 Å². The van der Waals surface area contributed by atoms with Gasteiger partial charge in [0, 0.05) is 29.2 Å². The van der Waals surface area contributed by atoms with Crippen molar-refractivity contribution in [1.29, 1.82) is 10.5 Å². The van der Waals surface area contributed by atoms with Gasteiger partial charge in [0.2, 0.25) is 0 Å². The highest BCUT2D eigenvalue weighted by Gasteiger charge is 2.20. The Morgan fingerprint density at radius 2 is 1.64 bits per heavy atom. The van der Waals surface area contributed by atoms with Crippen molar-refractivity contribution < 1.29 is 29.6 Å². The van der Waals surface area contributed by atoms with E-state index in [1.54, 1.807) is 30.4 Å². The summed E-state index contributed by atoms with van der Waals surface area (Å²) in [4.78, 5) is 10.6. The van der Waals surface area contributed by atoms with Crippen LogP contribution in [-0.2, 0) is 4.79 Å². The zero-order valence-corrected chi connectivity index (χ0v) is 19.6. The third-order valence-electron chi connectivity index (χ3n) is 5.48. The van der Waals surface area contributed by atoms with E-state index in [-0.39, 0.29) is 23.5 Å². The smallest absolute Gasteiger partial charge is 0.303 e. The molecule has 0 aliphatic carbocycles. The molecular formula is C28H26N2O6. The molecule has 0 unspecified atom stereocenters. The molecule has 0 aromatic heterocycles. The lowest BCUT2D eigenvalue weighted by atomic mass is 9.97. The van der Waals surface area contributed by atoms with Gasteiger partial charge in [0.05, 0.1) is 6.61 Å². The minimum absolute atomic E-state index is 0.0105. The summed E-state index contributed by atoms with van der Waals surface area (Å²) in [5, 5.41) is 47.2. The number of carboxylic acid groups (broad SMARTS) is 1. The van der Waals surface area contributed by atoms with Gasteiger partial charge >= 0.3 is 5.97 Å². The zero-order valence-electron chi connectivity index (χ0n) is 19.6. The number of hydrogen-bond acceptors (Lipinski definition) is 7. The molecule has 36 heavy (non-hydrogen) atoms. The minimum Gasteiger partial charge on any atom is -0.508 e. The predicted molar refractivity (Wildman–Crippen MR) is 133 cm³/mol. The third kappa shape index (κ3) is 7.15. The monoisotopic (exact) mass is 486 g/mol. The Morgan fingerprint density at radius 3 is 2.39 bits per heavy atom. The lowest BCUT2D eigenvalue weighted by molar-refractivity contribution is -0.137. The first-order valence-corrected chi connectivity index (χ1v) is 11.5. The number of hydrogen-bond donors (Lipinski definition) is 3. The quantitative estimate of drug-likeness (QED) is 0.271. The number of carbonyl (C=O) groups is 1. The van der Waals surface area contributed by atoms with Gasteiger partial charge in [0.15, 0.2) is 0 Å². The molecule has 8 nitrogen and oxygen atoms in total. The normalized spacial score (nSPS) is 12.2. The molecule has 2 aromatic rings. The van der Waals surface area contributed by atoms with E-state index < -0.39 is 5.97 Å². The maximum atomic E-state index is 10.6. The second kappa shape index (κ2) is 12.7. The molecule has 0 radical (unpaired) electrons. The van der Waals surface area contributed by atoms with Crippen LogP contribution < -0.4 is 9.47 Å². The number of aliphatic carboxylic acids is 1. The number of allylic oxidation sites excluding steroid dienone is 4. The Morgan fingerprint density at radius 1 is 0.944 bits per heavy atom.